The summed E-state index contributed by atoms with van der Waals surface area (Å²) in [6, 6.07) is 23.3. The zero-order valence-electron chi connectivity index (χ0n) is 18.5. The first-order valence-electron chi connectivity index (χ1n) is 10.6. The van der Waals surface area contributed by atoms with Crippen LogP contribution in [0.25, 0.3) is 17.0 Å². The molecule has 34 heavy (non-hydrogen) atoms. The van der Waals surface area contributed by atoms with Crippen LogP contribution in [0, 0.1) is 0 Å². The van der Waals surface area contributed by atoms with E-state index in [1.165, 1.54) is 0 Å². The molecule has 0 aliphatic rings. The van der Waals surface area contributed by atoms with Crippen molar-refractivity contribution in [3.05, 3.63) is 90.8 Å². The Balaban J connectivity index is 1.29. The van der Waals surface area contributed by atoms with Gasteiger partial charge in [0.1, 0.15) is 24.8 Å². The molecule has 0 saturated heterocycles. The number of aryl methyl sites for hydroxylation is 1. The second kappa shape index (κ2) is 9.41. The van der Waals surface area contributed by atoms with Crippen molar-refractivity contribution in [2.24, 2.45) is 7.05 Å². The molecule has 0 unspecified atom stereocenters. The van der Waals surface area contributed by atoms with E-state index in [9.17, 15) is 0 Å². The first kappa shape index (κ1) is 21.1. The molecule has 0 aliphatic carbocycles. The van der Waals surface area contributed by atoms with Gasteiger partial charge in [0.15, 0.2) is 0 Å². The van der Waals surface area contributed by atoms with Gasteiger partial charge in [0.05, 0.1) is 16.7 Å². The highest BCUT2D eigenvalue weighted by molar-refractivity contribution is 5.78. The monoisotopic (exact) mass is 454 g/mol. The van der Waals surface area contributed by atoms with E-state index >= 15 is 0 Å². The molecular formula is C24H22N8O2. The molecule has 0 radical (unpaired) electrons. The Bertz CT molecular complexity index is 1430. The van der Waals surface area contributed by atoms with Gasteiger partial charge in [-0.05, 0) is 46.8 Å². The Labute approximate surface area is 195 Å². The third-order valence-electron chi connectivity index (χ3n) is 4.94. The summed E-state index contributed by atoms with van der Waals surface area (Å²) in [5.74, 6) is 1.93. The molecule has 3 aromatic heterocycles. The smallest absolute Gasteiger partial charge is 0.305 e. The van der Waals surface area contributed by atoms with E-state index in [0.29, 0.717) is 30.1 Å². The fourth-order valence-electron chi connectivity index (χ4n) is 3.38. The van der Waals surface area contributed by atoms with Crippen molar-refractivity contribution in [1.29, 1.82) is 0 Å². The van der Waals surface area contributed by atoms with E-state index < -0.39 is 0 Å². The summed E-state index contributed by atoms with van der Waals surface area (Å²) in [7, 11) is 1.76. The number of hydrogen-bond donors (Lipinski definition) is 1. The normalized spacial score (nSPS) is 10.9. The molecular weight excluding hydrogens is 432 g/mol. The lowest BCUT2D eigenvalue weighted by Gasteiger charge is -2.12. The predicted molar refractivity (Wildman–Crippen MR) is 127 cm³/mol. The molecule has 1 N–H and O–H groups in total. The van der Waals surface area contributed by atoms with Crippen LogP contribution in [0.5, 0.6) is 11.8 Å². The number of nitrogens with zero attached hydrogens (tertiary/aromatic N) is 7. The van der Waals surface area contributed by atoms with Crippen molar-refractivity contribution in [2.75, 3.05) is 11.9 Å². The van der Waals surface area contributed by atoms with Crippen molar-refractivity contribution < 1.29 is 9.47 Å². The molecule has 5 aromatic rings. The van der Waals surface area contributed by atoms with Crippen molar-refractivity contribution >= 4 is 16.9 Å². The molecule has 0 saturated carbocycles. The predicted octanol–water partition coefficient (Wildman–Crippen LogP) is 3.53. The number of imidazole rings is 1. The van der Waals surface area contributed by atoms with Gasteiger partial charge in [-0.25, -0.2) is 14.2 Å². The minimum absolute atomic E-state index is 0.205. The molecule has 0 spiro atoms. The van der Waals surface area contributed by atoms with Crippen molar-refractivity contribution in [3.8, 4) is 17.7 Å². The van der Waals surface area contributed by atoms with Crippen LogP contribution in [0.15, 0.2) is 85.1 Å². The number of aromatic nitrogens is 7. The average Bonchev–Trinajstić information content (AvgIpc) is 3.44. The van der Waals surface area contributed by atoms with Gasteiger partial charge in [-0.2, -0.15) is 4.98 Å². The number of ether oxygens (including phenoxy) is 2. The van der Waals surface area contributed by atoms with Crippen LogP contribution < -0.4 is 14.8 Å². The quantitative estimate of drug-likeness (QED) is 0.361. The maximum Gasteiger partial charge on any atom is 0.305 e. The summed E-state index contributed by atoms with van der Waals surface area (Å²) in [6.07, 6.45) is 0. The molecule has 10 heteroatoms. The average molecular weight is 454 g/mol. The summed E-state index contributed by atoms with van der Waals surface area (Å²) in [4.78, 5) is 9.22. The van der Waals surface area contributed by atoms with Gasteiger partial charge in [-0.1, -0.05) is 48.1 Å². The van der Waals surface area contributed by atoms with Gasteiger partial charge < -0.3 is 14.8 Å². The summed E-state index contributed by atoms with van der Waals surface area (Å²) in [6.45, 7) is 4.55. The van der Waals surface area contributed by atoms with E-state index in [-0.39, 0.29) is 6.61 Å². The third-order valence-corrected chi connectivity index (χ3v) is 4.94. The number of fused-ring (bicyclic) bond motifs is 1. The van der Waals surface area contributed by atoms with Crippen LogP contribution in [0.3, 0.4) is 0 Å². The van der Waals surface area contributed by atoms with E-state index in [4.69, 9.17) is 9.47 Å². The second-order valence-corrected chi connectivity index (χ2v) is 7.45. The maximum absolute atomic E-state index is 6.06. The molecule has 0 amide bonds. The first-order chi connectivity index (χ1) is 16.7. The Morgan fingerprint density at radius 3 is 2.59 bits per heavy atom. The molecule has 0 fully saturated rings. The lowest BCUT2D eigenvalue weighted by molar-refractivity contribution is 0.272. The SMILES string of the molecule is C=C(COc1ccccc1)Nc1cccc(COc2nc3ccccc3n2-c2nnnn2C)n1. The molecule has 0 aliphatic heterocycles. The van der Waals surface area contributed by atoms with Crippen molar-refractivity contribution in [1.82, 2.24) is 34.7 Å². The molecule has 170 valence electrons. The van der Waals surface area contributed by atoms with Crippen LogP contribution >= 0.6 is 0 Å². The maximum atomic E-state index is 6.06. The van der Waals surface area contributed by atoms with Crippen LogP contribution in [0.2, 0.25) is 0 Å². The molecule has 0 atom stereocenters. The van der Waals surface area contributed by atoms with Crippen LogP contribution in [0.1, 0.15) is 5.69 Å². The second-order valence-electron chi connectivity index (χ2n) is 7.45. The summed E-state index contributed by atoms with van der Waals surface area (Å²) in [5.41, 5.74) is 3.02. The van der Waals surface area contributed by atoms with E-state index in [2.05, 4.69) is 37.4 Å². The van der Waals surface area contributed by atoms with Gasteiger partial charge >= 0.3 is 6.01 Å². The Hall–Kier alpha value is -4.73. The van der Waals surface area contributed by atoms with E-state index in [1.807, 2.05) is 72.8 Å². The van der Waals surface area contributed by atoms with Gasteiger partial charge in [0.25, 0.3) is 5.95 Å². The number of benzene rings is 2. The highest BCUT2D eigenvalue weighted by Crippen LogP contribution is 2.25. The number of pyridine rings is 1. The minimum Gasteiger partial charge on any atom is -0.487 e. The Kier molecular flexibility index (Phi) is 5.85. The number of hydrogen-bond acceptors (Lipinski definition) is 8. The number of nitrogens with one attached hydrogen (secondary N) is 1. The zero-order chi connectivity index (χ0) is 23.3. The first-order valence-corrected chi connectivity index (χ1v) is 10.6. The zero-order valence-corrected chi connectivity index (χ0v) is 18.5. The minimum atomic E-state index is 0.205. The number of para-hydroxylation sites is 3. The number of rotatable bonds is 9. The molecule has 0 bridgehead atoms. The summed E-state index contributed by atoms with van der Waals surface area (Å²) in [5, 5.41) is 14.9. The molecule has 5 rings (SSSR count). The fourth-order valence-corrected chi connectivity index (χ4v) is 3.38. The van der Waals surface area contributed by atoms with Gasteiger partial charge in [-0.15, -0.1) is 0 Å². The van der Waals surface area contributed by atoms with Crippen LogP contribution in [0.4, 0.5) is 5.82 Å². The number of tetrazole rings is 1. The van der Waals surface area contributed by atoms with E-state index in [0.717, 1.165) is 22.5 Å². The number of anilines is 1. The van der Waals surface area contributed by atoms with E-state index in [1.54, 1.807) is 16.3 Å². The lowest BCUT2D eigenvalue weighted by atomic mass is 10.3. The van der Waals surface area contributed by atoms with Crippen molar-refractivity contribution in [3.63, 3.8) is 0 Å². The van der Waals surface area contributed by atoms with Crippen LogP contribution in [-0.2, 0) is 13.7 Å². The highest BCUT2D eigenvalue weighted by atomic mass is 16.5. The summed E-state index contributed by atoms with van der Waals surface area (Å²) < 4.78 is 15.1. The largest absolute Gasteiger partial charge is 0.487 e. The fraction of sp³-hybridized carbons (Fsp3) is 0.125. The van der Waals surface area contributed by atoms with Gasteiger partial charge in [0, 0.05) is 12.7 Å². The lowest BCUT2D eigenvalue weighted by Crippen LogP contribution is -2.11. The Morgan fingerprint density at radius 2 is 1.76 bits per heavy atom. The molecule has 3 heterocycles. The highest BCUT2D eigenvalue weighted by Gasteiger charge is 2.18. The van der Waals surface area contributed by atoms with Crippen LogP contribution in [-0.4, -0.2) is 41.3 Å². The van der Waals surface area contributed by atoms with Gasteiger partial charge in [0.2, 0.25) is 0 Å². The summed E-state index contributed by atoms with van der Waals surface area (Å²) >= 11 is 0. The third kappa shape index (κ3) is 4.56. The van der Waals surface area contributed by atoms with Gasteiger partial charge in [-0.3, -0.25) is 0 Å². The topological polar surface area (TPSA) is 105 Å². The standard InChI is InChI=1S/C24H22N8O2/c1-17(15-33-19-10-4-3-5-11-19)25-22-14-8-9-18(26-22)16-34-24-27-20-12-6-7-13-21(20)32(24)23-28-29-30-31(23)2/h3-14H,1,15-16H2,2H3,(H,25,26). The molecule has 2 aromatic carbocycles. The van der Waals surface area contributed by atoms with Crippen molar-refractivity contribution in [2.45, 2.75) is 6.61 Å². The Morgan fingerprint density at radius 1 is 0.941 bits per heavy atom. The molecule has 10 nitrogen and oxygen atoms in total.